The fourth-order valence-corrected chi connectivity index (χ4v) is 3.69. The van der Waals surface area contributed by atoms with Gasteiger partial charge in [0.2, 0.25) is 0 Å². The molecule has 4 aromatic rings. The van der Waals surface area contributed by atoms with Crippen molar-refractivity contribution >= 4 is 33.1 Å². The molecule has 1 amide bonds. The topological polar surface area (TPSA) is 63.5 Å². The monoisotopic (exact) mass is 349 g/mol. The standard InChI is InChI=1S/C19H15N3O2S/c1-12(13-7-3-2-4-8-13)20-17(23)15-11-14-18(25-15)21-16-9-5-6-10-22(16)19(14)24/h2-12H,1H3,(H,20,23)/t12-/m0/s1. The van der Waals surface area contributed by atoms with Crippen LogP contribution in [0.3, 0.4) is 0 Å². The lowest BCUT2D eigenvalue weighted by atomic mass is 10.1. The molecule has 0 aliphatic rings. The van der Waals surface area contributed by atoms with Gasteiger partial charge in [-0.1, -0.05) is 36.4 Å². The fraction of sp³-hybridized carbons (Fsp3) is 0.105. The third kappa shape index (κ3) is 2.81. The molecule has 0 saturated heterocycles. The normalized spacial score (nSPS) is 12.4. The average Bonchev–Trinajstić information content (AvgIpc) is 3.07. The predicted molar refractivity (Wildman–Crippen MR) is 99.2 cm³/mol. The first-order valence-corrected chi connectivity index (χ1v) is 8.72. The van der Waals surface area contributed by atoms with Gasteiger partial charge in [-0.3, -0.25) is 14.0 Å². The van der Waals surface area contributed by atoms with Gasteiger partial charge in [0.15, 0.2) is 0 Å². The van der Waals surface area contributed by atoms with E-state index in [9.17, 15) is 9.59 Å². The van der Waals surface area contributed by atoms with Gasteiger partial charge in [0, 0.05) is 6.20 Å². The van der Waals surface area contributed by atoms with Crippen LogP contribution in [0.4, 0.5) is 0 Å². The summed E-state index contributed by atoms with van der Waals surface area (Å²) >= 11 is 1.24. The molecule has 1 N–H and O–H groups in total. The van der Waals surface area contributed by atoms with Gasteiger partial charge in [-0.15, -0.1) is 11.3 Å². The molecule has 0 fully saturated rings. The molecule has 0 radical (unpaired) electrons. The van der Waals surface area contributed by atoms with Gasteiger partial charge in [0.25, 0.3) is 11.5 Å². The fourth-order valence-electron chi connectivity index (χ4n) is 2.75. The van der Waals surface area contributed by atoms with Crippen LogP contribution in [0, 0.1) is 0 Å². The first kappa shape index (κ1) is 15.5. The van der Waals surface area contributed by atoms with Crippen molar-refractivity contribution in [3.63, 3.8) is 0 Å². The Morgan fingerprint density at radius 2 is 1.92 bits per heavy atom. The summed E-state index contributed by atoms with van der Waals surface area (Å²) in [6, 6.07) is 16.6. The van der Waals surface area contributed by atoms with Crippen molar-refractivity contribution in [2.75, 3.05) is 0 Å². The highest BCUT2D eigenvalue weighted by Crippen LogP contribution is 2.23. The number of fused-ring (bicyclic) bond motifs is 2. The van der Waals surface area contributed by atoms with Gasteiger partial charge in [-0.05, 0) is 30.7 Å². The number of carbonyl (C=O) groups excluding carboxylic acids is 1. The third-order valence-electron chi connectivity index (χ3n) is 4.09. The summed E-state index contributed by atoms with van der Waals surface area (Å²) in [5, 5.41) is 3.43. The first-order valence-electron chi connectivity index (χ1n) is 7.90. The lowest BCUT2D eigenvalue weighted by Gasteiger charge is -2.13. The van der Waals surface area contributed by atoms with Crippen molar-refractivity contribution < 1.29 is 4.79 Å². The van der Waals surface area contributed by atoms with Crippen LogP contribution in [-0.2, 0) is 0 Å². The molecule has 0 aliphatic heterocycles. The summed E-state index contributed by atoms with van der Waals surface area (Å²) in [7, 11) is 0. The third-order valence-corrected chi connectivity index (χ3v) is 5.11. The van der Waals surface area contributed by atoms with Crippen LogP contribution in [-0.4, -0.2) is 15.3 Å². The maximum absolute atomic E-state index is 12.6. The molecule has 4 rings (SSSR count). The van der Waals surface area contributed by atoms with Crippen LogP contribution in [0.25, 0.3) is 15.9 Å². The van der Waals surface area contributed by atoms with E-state index in [1.807, 2.05) is 43.3 Å². The number of hydrogen-bond donors (Lipinski definition) is 1. The van der Waals surface area contributed by atoms with Crippen LogP contribution in [0.1, 0.15) is 28.2 Å². The maximum atomic E-state index is 12.6. The van der Waals surface area contributed by atoms with E-state index in [1.54, 1.807) is 24.4 Å². The number of pyridine rings is 1. The molecule has 5 nitrogen and oxygen atoms in total. The van der Waals surface area contributed by atoms with Crippen LogP contribution < -0.4 is 10.9 Å². The minimum Gasteiger partial charge on any atom is -0.345 e. The van der Waals surface area contributed by atoms with Crippen molar-refractivity contribution in [1.82, 2.24) is 14.7 Å². The van der Waals surface area contributed by atoms with E-state index < -0.39 is 0 Å². The van der Waals surface area contributed by atoms with Gasteiger partial charge in [-0.2, -0.15) is 0 Å². The van der Waals surface area contributed by atoms with Gasteiger partial charge >= 0.3 is 0 Å². The number of nitrogens with zero attached hydrogens (tertiary/aromatic N) is 2. The Morgan fingerprint density at radius 1 is 1.16 bits per heavy atom. The lowest BCUT2D eigenvalue weighted by molar-refractivity contribution is 0.0944. The van der Waals surface area contributed by atoms with Crippen LogP contribution in [0.2, 0.25) is 0 Å². The SMILES string of the molecule is C[C@H](NC(=O)c1cc2c(=O)n3ccccc3nc2s1)c1ccccc1. The Kier molecular flexibility index (Phi) is 3.82. The van der Waals surface area contributed by atoms with Gasteiger partial charge in [0.05, 0.1) is 16.3 Å². The highest BCUT2D eigenvalue weighted by molar-refractivity contribution is 7.20. The van der Waals surface area contributed by atoms with E-state index in [1.165, 1.54) is 15.7 Å². The molecular weight excluding hydrogens is 334 g/mol. The second-order valence-corrected chi connectivity index (χ2v) is 6.81. The summed E-state index contributed by atoms with van der Waals surface area (Å²) < 4.78 is 1.49. The molecule has 3 aromatic heterocycles. The summed E-state index contributed by atoms with van der Waals surface area (Å²) in [5.74, 6) is -0.201. The van der Waals surface area contributed by atoms with Crippen molar-refractivity contribution in [2.45, 2.75) is 13.0 Å². The number of hydrogen-bond acceptors (Lipinski definition) is 4. The van der Waals surface area contributed by atoms with E-state index in [0.717, 1.165) is 5.56 Å². The molecule has 25 heavy (non-hydrogen) atoms. The Bertz CT molecular complexity index is 1130. The maximum Gasteiger partial charge on any atom is 0.266 e. The Hall–Kier alpha value is -2.99. The van der Waals surface area contributed by atoms with Crippen molar-refractivity contribution in [3.05, 3.63) is 81.6 Å². The number of rotatable bonds is 3. The van der Waals surface area contributed by atoms with E-state index >= 15 is 0 Å². The molecule has 124 valence electrons. The van der Waals surface area contributed by atoms with Crippen molar-refractivity contribution in [2.24, 2.45) is 0 Å². The van der Waals surface area contributed by atoms with Crippen LogP contribution >= 0.6 is 11.3 Å². The van der Waals surface area contributed by atoms with Crippen LogP contribution in [0.15, 0.2) is 65.6 Å². The molecule has 0 aliphatic carbocycles. The minimum absolute atomic E-state index is 0.118. The second-order valence-electron chi connectivity index (χ2n) is 5.78. The highest BCUT2D eigenvalue weighted by Gasteiger charge is 2.16. The number of carbonyl (C=O) groups is 1. The molecule has 1 aromatic carbocycles. The summed E-state index contributed by atoms with van der Waals surface area (Å²) in [4.78, 5) is 30.7. The van der Waals surface area contributed by atoms with Crippen molar-refractivity contribution in [1.29, 1.82) is 0 Å². The number of aromatic nitrogens is 2. The Morgan fingerprint density at radius 3 is 2.72 bits per heavy atom. The number of amides is 1. The summed E-state index contributed by atoms with van der Waals surface area (Å²) in [6.07, 6.45) is 1.68. The lowest BCUT2D eigenvalue weighted by Crippen LogP contribution is -2.25. The molecule has 1 atom stereocenters. The minimum atomic E-state index is -0.201. The van der Waals surface area contributed by atoms with Gasteiger partial charge < -0.3 is 5.32 Å². The van der Waals surface area contributed by atoms with E-state index in [0.29, 0.717) is 20.7 Å². The molecule has 6 heteroatoms. The summed E-state index contributed by atoms with van der Waals surface area (Å²) in [5.41, 5.74) is 1.44. The zero-order chi connectivity index (χ0) is 17.4. The number of nitrogens with one attached hydrogen (secondary N) is 1. The molecule has 0 bridgehead atoms. The molecule has 0 spiro atoms. The largest absolute Gasteiger partial charge is 0.345 e. The average molecular weight is 349 g/mol. The summed E-state index contributed by atoms with van der Waals surface area (Å²) in [6.45, 7) is 1.93. The van der Waals surface area contributed by atoms with E-state index in [-0.39, 0.29) is 17.5 Å². The molecule has 0 saturated carbocycles. The number of thiophene rings is 1. The van der Waals surface area contributed by atoms with E-state index in [4.69, 9.17) is 0 Å². The zero-order valence-corrected chi connectivity index (χ0v) is 14.3. The van der Waals surface area contributed by atoms with E-state index in [2.05, 4.69) is 10.3 Å². The quantitative estimate of drug-likeness (QED) is 0.616. The van der Waals surface area contributed by atoms with Gasteiger partial charge in [-0.25, -0.2) is 4.98 Å². The zero-order valence-electron chi connectivity index (χ0n) is 13.5. The molecule has 3 heterocycles. The van der Waals surface area contributed by atoms with Crippen molar-refractivity contribution in [3.8, 4) is 0 Å². The van der Waals surface area contributed by atoms with Gasteiger partial charge in [0.1, 0.15) is 10.5 Å². The molecular formula is C19H15N3O2S. The smallest absolute Gasteiger partial charge is 0.266 e. The number of benzene rings is 1. The first-order chi connectivity index (χ1) is 12.1. The Balaban J connectivity index is 1.69. The predicted octanol–water partition coefficient (Wildman–Crippen LogP) is 3.40. The molecule has 0 unspecified atom stereocenters. The Labute approximate surface area is 147 Å². The second kappa shape index (κ2) is 6.14. The van der Waals surface area contributed by atoms with Crippen LogP contribution in [0.5, 0.6) is 0 Å². The highest BCUT2D eigenvalue weighted by atomic mass is 32.1.